The van der Waals surface area contributed by atoms with E-state index in [-0.39, 0.29) is 38.5 Å². The maximum absolute atomic E-state index is 13.6. The summed E-state index contributed by atoms with van der Waals surface area (Å²) in [5, 5.41) is 28.7. The molecule has 1 atom stereocenters. The molecule has 0 fully saturated rings. The highest BCUT2D eigenvalue weighted by molar-refractivity contribution is 7.90. The zero-order chi connectivity index (χ0) is 25.2. The van der Waals surface area contributed by atoms with E-state index in [1.165, 1.54) is 43.3 Å². The van der Waals surface area contributed by atoms with Crippen LogP contribution < -0.4 is 4.90 Å². The Morgan fingerprint density at radius 1 is 1.18 bits per heavy atom. The van der Waals surface area contributed by atoms with Crippen LogP contribution >= 0.6 is 0 Å². The van der Waals surface area contributed by atoms with Gasteiger partial charge in [0, 0.05) is 12.0 Å². The lowest BCUT2D eigenvalue weighted by Gasteiger charge is -2.41. The predicted molar refractivity (Wildman–Crippen MR) is 119 cm³/mol. The van der Waals surface area contributed by atoms with E-state index in [4.69, 9.17) is 0 Å². The first-order valence-corrected chi connectivity index (χ1v) is 11.7. The molecule has 2 aromatic rings. The van der Waals surface area contributed by atoms with Crippen LogP contribution in [-0.4, -0.2) is 43.2 Å². The standard InChI is InChI=1S/C23H19FN4O5S/c1-14-19(12-26)22(18-7-6-16(11-25)9-20(18)34(2,32)33)27(13-21(29)30)23(31)28(14)17-5-3-4-15(8-17)10-24/h3-9,22H,10,13H2,1-2H3,(H,29,30)/t22-/m1/s1. The number of carbonyl (C=O) groups excluding carboxylic acids is 1. The van der Waals surface area contributed by atoms with Crippen molar-refractivity contribution in [2.45, 2.75) is 24.5 Å². The number of hydrogen-bond donors (Lipinski definition) is 1. The fraction of sp³-hybridized carbons (Fsp3) is 0.217. The Morgan fingerprint density at radius 2 is 1.88 bits per heavy atom. The maximum atomic E-state index is 13.6. The van der Waals surface area contributed by atoms with Crippen molar-refractivity contribution in [2.24, 2.45) is 0 Å². The number of hydrogen-bond acceptors (Lipinski definition) is 6. The highest BCUT2D eigenvalue weighted by atomic mass is 32.2. The van der Waals surface area contributed by atoms with Gasteiger partial charge in [-0.1, -0.05) is 18.2 Å². The van der Waals surface area contributed by atoms with Crippen LogP contribution in [0.4, 0.5) is 14.9 Å². The molecule has 9 nitrogen and oxygen atoms in total. The first-order chi connectivity index (χ1) is 16.0. The molecular weight excluding hydrogens is 463 g/mol. The summed E-state index contributed by atoms with van der Waals surface area (Å²) in [6.07, 6.45) is 0.913. The number of anilines is 1. The van der Waals surface area contributed by atoms with Crippen LogP contribution in [0, 0.1) is 22.7 Å². The van der Waals surface area contributed by atoms with Crippen LogP contribution in [0.2, 0.25) is 0 Å². The van der Waals surface area contributed by atoms with E-state index in [1.807, 2.05) is 12.1 Å². The van der Waals surface area contributed by atoms with Crippen molar-refractivity contribution in [1.82, 2.24) is 4.90 Å². The third kappa shape index (κ3) is 4.47. The topological polar surface area (TPSA) is 143 Å². The normalized spacial score (nSPS) is 16.3. The number of urea groups is 1. The number of halogens is 1. The largest absolute Gasteiger partial charge is 0.480 e. The van der Waals surface area contributed by atoms with E-state index < -0.39 is 41.1 Å². The summed E-state index contributed by atoms with van der Waals surface area (Å²) in [6.45, 7) is -0.175. The molecule has 34 heavy (non-hydrogen) atoms. The summed E-state index contributed by atoms with van der Waals surface area (Å²) in [5.74, 6) is -1.39. The minimum atomic E-state index is -3.93. The molecule has 1 aliphatic rings. The van der Waals surface area contributed by atoms with Crippen LogP contribution in [0.5, 0.6) is 0 Å². The van der Waals surface area contributed by atoms with Crippen molar-refractivity contribution in [1.29, 1.82) is 10.5 Å². The number of amides is 2. The van der Waals surface area contributed by atoms with Crippen LogP contribution in [-0.2, 0) is 21.3 Å². The summed E-state index contributed by atoms with van der Waals surface area (Å²) in [5.41, 5.74) is 0.599. The third-order valence-electron chi connectivity index (χ3n) is 5.33. The summed E-state index contributed by atoms with van der Waals surface area (Å²) in [7, 11) is -3.93. The van der Waals surface area contributed by atoms with Crippen LogP contribution in [0.3, 0.4) is 0 Å². The van der Waals surface area contributed by atoms with Gasteiger partial charge in [0.05, 0.1) is 39.9 Å². The first kappa shape index (κ1) is 24.4. The lowest BCUT2D eigenvalue weighted by atomic mass is 9.93. The Morgan fingerprint density at radius 3 is 2.44 bits per heavy atom. The number of nitrogens with zero attached hydrogens (tertiary/aromatic N) is 4. The zero-order valence-corrected chi connectivity index (χ0v) is 19.0. The summed E-state index contributed by atoms with van der Waals surface area (Å²) in [4.78, 5) is 26.9. The average molecular weight is 482 g/mol. The molecule has 1 aliphatic heterocycles. The van der Waals surface area contributed by atoms with Crippen molar-refractivity contribution in [3.8, 4) is 12.1 Å². The van der Waals surface area contributed by atoms with Gasteiger partial charge >= 0.3 is 12.0 Å². The van der Waals surface area contributed by atoms with Crippen molar-refractivity contribution >= 4 is 27.5 Å². The second-order valence-corrected chi connectivity index (χ2v) is 9.58. The molecule has 0 radical (unpaired) electrons. The van der Waals surface area contributed by atoms with Crippen molar-refractivity contribution in [3.05, 3.63) is 70.4 Å². The number of carbonyl (C=O) groups is 2. The highest BCUT2D eigenvalue weighted by Crippen LogP contribution is 2.41. The van der Waals surface area contributed by atoms with Gasteiger partial charge < -0.3 is 10.0 Å². The molecular formula is C23H19FN4O5S. The molecule has 2 aromatic carbocycles. The fourth-order valence-corrected chi connectivity index (χ4v) is 4.81. The Balaban J connectivity index is 2.34. The molecule has 0 saturated carbocycles. The van der Waals surface area contributed by atoms with E-state index in [0.717, 1.165) is 22.1 Å². The molecule has 174 valence electrons. The quantitative estimate of drug-likeness (QED) is 0.665. The van der Waals surface area contributed by atoms with Gasteiger partial charge in [-0.25, -0.2) is 17.6 Å². The van der Waals surface area contributed by atoms with Crippen LogP contribution in [0.1, 0.15) is 29.7 Å². The number of carboxylic acid groups (broad SMARTS) is 1. The third-order valence-corrected chi connectivity index (χ3v) is 6.49. The summed E-state index contributed by atoms with van der Waals surface area (Å²) in [6, 6.07) is 11.3. The number of carboxylic acids is 1. The average Bonchev–Trinajstić information content (AvgIpc) is 2.79. The SMILES string of the molecule is CC1=C(C#N)[C@@H](c2ccc(C#N)cc2S(C)(=O)=O)N(CC(=O)O)C(=O)N1c1cccc(CF)c1. The predicted octanol–water partition coefficient (Wildman–Crippen LogP) is 3.30. The van der Waals surface area contributed by atoms with E-state index in [9.17, 15) is 38.0 Å². The van der Waals surface area contributed by atoms with E-state index in [1.54, 1.807) is 0 Å². The first-order valence-electron chi connectivity index (χ1n) is 9.85. The van der Waals surface area contributed by atoms with E-state index in [2.05, 4.69) is 0 Å². The second-order valence-electron chi connectivity index (χ2n) is 7.59. The van der Waals surface area contributed by atoms with Gasteiger partial charge in [-0.05, 0) is 42.3 Å². The lowest BCUT2D eigenvalue weighted by molar-refractivity contribution is -0.138. The fourth-order valence-electron chi connectivity index (χ4n) is 3.86. The number of rotatable bonds is 6. The van der Waals surface area contributed by atoms with Crippen LogP contribution in [0.15, 0.2) is 58.6 Å². The number of sulfone groups is 1. The van der Waals surface area contributed by atoms with Gasteiger partial charge in [0.25, 0.3) is 0 Å². The minimum absolute atomic E-state index is 0.0100. The highest BCUT2D eigenvalue weighted by Gasteiger charge is 2.42. The Hall–Kier alpha value is -4.22. The van der Waals surface area contributed by atoms with Gasteiger partial charge in [0.15, 0.2) is 9.84 Å². The molecule has 0 bridgehead atoms. The molecule has 0 aliphatic carbocycles. The van der Waals surface area contributed by atoms with E-state index in [0.29, 0.717) is 0 Å². The molecule has 2 amide bonds. The van der Waals surface area contributed by atoms with Crippen molar-refractivity contribution in [2.75, 3.05) is 17.7 Å². The monoisotopic (exact) mass is 482 g/mol. The summed E-state index contributed by atoms with van der Waals surface area (Å²) >= 11 is 0. The molecule has 1 N–H and O–H groups in total. The maximum Gasteiger partial charge on any atom is 0.330 e. The summed E-state index contributed by atoms with van der Waals surface area (Å²) < 4.78 is 38.3. The molecule has 11 heteroatoms. The number of alkyl halides is 1. The Bertz CT molecular complexity index is 1410. The number of nitriles is 2. The number of benzene rings is 2. The zero-order valence-electron chi connectivity index (χ0n) is 18.2. The minimum Gasteiger partial charge on any atom is -0.480 e. The Labute approximate surface area is 195 Å². The van der Waals surface area contributed by atoms with Gasteiger partial charge in [0.2, 0.25) is 0 Å². The van der Waals surface area contributed by atoms with Gasteiger partial charge in [-0.2, -0.15) is 10.5 Å². The molecule has 3 rings (SSSR count). The lowest BCUT2D eigenvalue weighted by Crippen LogP contribution is -2.51. The van der Waals surface area contributed by atoms with Crippen LogP contribution in [0.25, 0.3) is 0 Å². The van der Waals surface area contributed by atoms with Gasteiger partial charge in [-0.15, -0.1) is 0 Å². The van der Waals surface area contributed by atoms with Crippen molar-refractivity contribution < 1.29 is 27.5 Å². The molecule has 1 heterocycles. The van der Waals surface area contributed by atoms with Gasteiger partial charge in [-0.3, -0.25) is 9.69 Å². The molecule has 0 saturated heterocycles. The molecule has 0 aromatic heterocycles. The molecule has 0 unspecified atom stereocenters. The number of aliphatic carboxylic acids is 1. The number of allylic oxidation sites excluding steroid dienone is 1. The Kier molecular flexibility index (Phi) is 6.70. The van der Waals surface area contributed by atoms with E-state index >= 15 is 0 Å². The molecule has 0 spiro atoms. The second kappa shape index (κ2) is 9.33. The van der Waals surface area contributed by atoms with Gasteiger partial charge in [0.1, 0.15) is 13.2 Å². The smallest absolute Gasteiger partial charge is 0.330 e. The van der Waals surface area contributed by atoms with Crippen molar-refractivity contribution in [3.63, 3.8) is 0 Å².